The number of hydrogen-bond donors (Lipinski definition) is 3. The van der Waals surface area contributed by atoms with Gasteiger partial charge in [0.2, 0.25) is 0 Å². The summed E-state index contributed by atoms with van der Waals surface area (Å²) in [6.45, 7) is 0. The second kappa shape index (κ2) is 9.76. The van der Waals surface area contributed by atoms with Crippen molar-refractivity contribution in [3.63, 3.8) is 0 Å². The Bertz CT molecular complexity index is 2090. The maximum atomic E-state index is 15.3. The number of hydrogen-bond acceptors (Lipinski definition) is 5. The van der Waals surface area contributed by atoms with E-state index in [1.165, 1.54) is 24.4 Å². The minimum absolute atomic E-state index is 0.217. The lowest BCUT2D eigenvalue weighted by atomic mass is 10.0. The highest BCUT2D eigenvalue weighted by Gasteiger charge is 2.19. The van der Waals surface area contributed by atoms with Gasteiger partial charge in [-0.1, -0.05) is 30.3 Å². The standard InChI is InChI=1S/C31H19F2N7O/c32-21-8-4-7-18(11-21)26-29-25(9-10-35-26)37-30(38-29)28-23-13-19(14-24(33)27(23)39-40-28)20-12-22(16-34-15-20)36-31(41)17-5-2-1-3-6-17/h1-16H,(H,36,41)(H,37,38)(H,39,40). The maximum Gasteiger partial charge on any atom is 0.255 e. The van der Waals surface area contributed by atoms with Gasteiger partial charge >= 0.3 is 0 Å². The number of nitrogens with one attached hydrogen (secondary N) is 3. The van der Waals surface area contributed by atoms with Gasteiger partial charge in [-0.25, -0.2) is 13.8 Å². The number of rotatable bonds is 5. The summed E-state index contributed by atoms with van der Waals surface area (Å²) in [6, 6.07) is 21.6. The van der Waals surface area contributed by atoms with Crippen LogP contribution < -0.4 is 5.32 Å². The molecule has 10 heteroatoms. The number of fused-ring (bicyclic) bond motifs is 2. The third kappa shape index (κ3) is 4.47. The topological polar surface area (TPSA) is 112 Å². The molecule has 7 rings (SSSR count). The lowest BCUT2D eigenvalue weighted by Crippen LogP contribution is -2.11. The zero-order chi connectivity index (χ0) is 27.9. The number of carbonyl (C=O) groups excluding carboxylic acids is 1. The lowest BCUT2D eigenvalue weighted by Gasteiger charge is -2.08. The minimum Gasteiger partial charge on any atom is -0.336 e. The molecule has 41 heavy (non-hydrogen) atoms. The summed E-state index contributed by atoms with van der Waals surface area (Å²) in [5.74, 6) is -0.763. The summed E-state index contributed by atoms with van der Waals surface area (Å²) in [4.78, 5) is 29.2. The van der Waals surface area contributed by atoms with Crippen molar-refractivity contribution in [1.29, 1.82) is 0 Å². The number of anilines is 1. The number of pyridine rings is 2. The first-order valence-electron chi connectivity index (χ1n) is 12.6. The van der Waals surface area contributed by atoms with Crippen LogP contribution >= 0.6 is 0 Å². The van der Waals surface area contributed by atoms with Crippen molar-refractivity contribution in [2.45, 2.75) is 0 Å². The third-order valence-electron chi connectivity index (χ3n) is 6.71. The number of benzene rings is 3. The number of halogens is 2. The second-order valence-electron chi connectivity index (χ2n) is 9.39. The molecule has 0 bridgehead atoms. The van der Waals surface area contributed by atoms with E-state index in [4.69, 9.17) is 4.98 Å². The van der Waals surface area contributed by atoms with E-state index in [0.29, 0.717) is 61.6 Å². The Hall–Kier alpha value is -5.77. The Morgan fingerprint density at radius 1 is 0.829 bits per heavy atom. The maximum absolute atomic E-state index is 15.3. The molecule has 0 saturated carbocycles. The first-order chi connectivity index (χ1) is 20.0. The van der Waals surface area contributed by atoms with E-state index in [0.717, 1.165) is 0 Å². The number of aromatic amines is 2. The van der Waals surface area contributed by atoms with Gasteiger partial charge in [0.25, 0.3) is 5.91 Å². The van der Waals surface area contributed by atoms with E-state index in [9.17, 15) is 9.18 Å². The predicted molar refractivity (Wildman–Crippen MR) is 152 cm³/mol. The van der Waals surface area contributed by atoms with Gasteiger partial charge in [-0.2, -0.15) is 5.10 Å². The number of nitrogens with zero attached hydrogens (tertiary/aromatic N) is 4. The van der Waals surface area contributed by atoms with Crippen molar-refractivity contribution in [2.75, 3.05) is 5.32 Å². The summed E-state index contributed by atoms with van der Waals surface area (Å²) in [7, 11) is 0. The highest BCUT2D eigenvalue weighted by Crippen LogP contribution is 2.34. The quantitative estimate of drug-likeness (QED) is 0.222. The van der Waals surface area contributed by atoms with Gasteiger partial charge in [-0.05, 0) is 54.1 Å². The molecule has 1 amide bonds. The van der Waals surface area contributed by atoms with Gasteiger partial charge in [0, 0.05) is 34.5 Å². The van der Waals surface area contributed by atoms with Crippen molar-refractivity contribution in [1.82, 2.24) is 30.1 Å². The molecular weight excluding hydrogens is 524 g/mol. The first kappa shape index (κ1) is 24.3. The van der Waals surface area contributed by atoms with Crippen LogP contribution in [0.3, 0.4) is 0 Å². The molecule has 3 aromatic carbocycles. The van der Waals surface area contributed by atoms with Gasteiger partial charge in [0.15, 0.2) is 5.82 Å². The van der Waals surface area contributed by atoms with Crippen molar-refractivity contribution >= 4 is 33.5 Å². The molecular formula is C31H19F2N7O. The van der Waals surface area contributed by atoms with Crippen molar-refractivity contribution in [2.24, 2.45) is 0 Å². The highest BCUT2D eigenvalue weighted by molar-refractivity contribution is 6.04. The normalized spacial score (nSPS) is 11.3. The molecule has 0 spiro atoms. The second-order valence-corrected chi connectivity index (χ2v) is 9.39. The van der Waals surface area contributed by atoms with Crippen LogP contribution in [0.5, 0.6) is 0 Å². The number of H-pyrrole nitrogens is 2. The number of imidazole rings is 1. The molecule has 8 nitrogen and oxygen atoms in total. The van der Waals surface area contributed by atoms with Crippen LogP contribution in [0.2, 0.25) is 0 Å². The van der Waals surface area contributed by atoms with Crippen LogP contribution in [-0.2, 0) is 0 Å². The van der Waals surface area contributed by atoms with Crippen LogP contribution in [0.25, 0.3) is 55.8 Å². The molecule has 198 valence electrons. The number of amides is 1. The average molecular weight is 544 g/mol. The van der Waals surface area contributed by atoms with Crippen molar-refractivity contribution < 1.29 is 13.6 Å². The molecule has 0 radical (unpaired) electrons. The Labute approximate surface area is 231 Å². The molecule has 0 aliphatic rings. The number of carbonyl (C=O) groups is 1. The molecule has 0 unspecified atom stereocenters. The van der Waals surface area contributed by atoms with E-state index in [1.807, 2.05) is 6.07 Å². The van der Waals surface area contributed by atoms with Crippen molar-refractivity contribution in [3.8, 4) is 33.9 Å². The average Bonchev–Trinajstić information content (AvgIpc) is 3.62. The lowest BCUT2D eigenvalue weighted by molar-refractivity contribution is 0.102. The Morgan fingerprint density at radius 2 is 1.71 bits per heavy atom. The summed E-state index contributed by atoms with van der Waals surface area (Å²) < 4.78 is 29.2. The summed E-state index contributed by atoms with van der Waals surface area (Å²) in [5, 5.41) is 10.4. The monoisotopic (exact) mass is 543 g/mol. The predicted octanol–water partition coefficient (Wildman–Crippen LogP) is 6.76. The van der Waals surface area contributed by atoms with Crippen LogP contribution in [0.4, 0.5) is 14.5 Å². The van der Waals surface area contributed by atoms with E-state index in [2.05, 4.69) is 30.5 Å². The summed E-state index contributed by atoms with van der Waals surface area (Å²) >= 11 is 0. The first-order valence-corrected chi connectivity index (χ1v) is 12.6. The Balaban J connectivity index is 1.28. The SMILES string of the molecule is O=C(Nc1cncc(-c2cc(F)c3[nH]nc(-c4nc5c(-c6cccc(F)c6)nccc5[nH]4)c3c2)c1)c1ccccc1. The van der Waals surface area contributed by atoms with Crippen LogP contribution in [0, 0.1) is 11.6 Å². The van der Waals surface area contributed by atoms with E-state index in [-0.39, 0.29) is 17.2 Å². The minimum atomic E-state index is -0.506. The van der Waals surface area contributed by atoms with Crippen LogP contribution in [0.15, 0.2) is 97.5 Å². The smallest absolute Gasteiger partial charge is 0.255 e. The number of aromatic nitrogens is 6. The van der Waals surface area contributed by atoms with E-state index < -0.39 is 5.82 Å². The van der Waals surface area contributed by atoms with Gasteiger partial charge < -0.3 is 10.3 Å². The fourth-order valence-electron chi connectivity index (χ4n) is 4.78. The molecule has 0 atom stereocenters. The van der Waals surface area contributed by atoms with Gasteiger partial charge in [-0.15, -0.1) is 0 Å². The fraction of sp³-hybridized carbons (Fsp3) is 0. The Morgan fingerprint density at radius 3 is 2.56 bits per heavy atom. The van der Waals surface area contributed by atoms with Gasteiger partial charge in [-0.3, -0.25) is 19.9 Å². The van der Waals surface area contributed by atoms with Crippen LogP contribution in [0.1, 0.15) is 10.4 Å². The molecule has 0 saturated heterocycles. The third-order valence-corrected chi connectivity index (χ3v) is 6.71. The van der Waals surface area contributed by atoms with E-state index in [1.54, 1.807) is 67.0 Å². The van der Waals surface area contributed by atoms with Gasteiger partial charge in [0.1, 0.15) is 28.4 Å². The fourth-order valence-corrected chi connectivity index (χ4v) is 4.78. The largest absolute Gasteiger partial charge is 0.336 e. The Kier molecular flexibility index (Phi) is 5.78. The molecule has 0 aliphatic carbocycles. The summed E-state index contributed by atoms with van der Waals surface area (Å²) in [6.07, 6.45) is 4.74. The van der Waals surface area contributed by atoms with E-state index >= 15 is 4.39 Å². The summed E-state index contributed by atoms with van der Waals surface area (Å²) in [5.41, 5.74) is 5.05. The molecule has 3 N–H and O–H groups in total. The highest BCUT2D eigenvalue weighted by atomic mass is 19.1. The van der Waals surface area contributed by atoms with Crippen molar-refractivity contribution in [3.05, 3.63) is 115 Å². The molecule has 7 aromatic rings. The zero-order valence-corrected chi connectivity index (χ0v) is 21.2. The molecule has 0 aliphatic heterocycles. The molecule has 4 heterocycles. The molecule has 4 aromatic heterocycles. The zero-order valence-electron chi connectivity index (χ0n) is 21.2. The van der Waals surface area contributed by atoms with Crippen LogP contribution in [-0.4, -0.2) is 36.0 Å². The molecule has 0 fully saturated rings. The van der Waals surface area contributed by atoms with Gasteiger partial charge in [0.05, 0.1) is 23.1 Å².